The maximum absolute atomic E-state index is 10.9. The van der Waals surface area contributed by atoms with Crippen molar-refractivity contribution in [2.45, 2.75) is 43.7 Å². The molecule has 2 rings (SSSR count). The lowest BCUT2D eigenvalue weighted by Gasteiger charge is -2.35. The first-order valence-corrected chi connectivity index (χ1v) is 6.22. The molecule has 0 heterocycles. The molecule has 2 nitrogen and oxygen atoms in total. The van der Waals surface area contributed by atoms with Crippen LogP contribution in [-0.4, -0.2) is 18.2 Å². The summed E-state index contributed by atoms with van der Waals surface area (Å²) in [6.07, 6.45) is 5.47. The Morgan fingerprint density at radius 3 is 2.62 bits per heavy atom. The highest BCUT2D eigenvalue weighted by atomic mass is 16.3. The first-order chi connectivity index (χ1) is 7.77. The maximum atomic E-state index is 10.9. The number of aliphatic hydroxyl groups is 1. The van der Waals surface area contributed by atoms with E-state index in [1.54, 1.807) is 0 Å². The molecule has 0 spiro atoms. The molecule has 0 saturated heterocycles. The predicted octanol–water partition coefficient (Wildman–Crippen LogP) is 2.43. The van der Waals surface area contributed by atoms with E-state index in [1.807, 2.05) is 37.4 Å². The molecule has 1 aromatic rings. The summed E-state index contributed by atoms with van der Waals surface area (Å²) >= 11 is 0. The van der Waals surface area contributed by atoms with Gasteiger partial charge in [0.2, 0.25) is 0 Å². The number of hydrogen-bond acceptors (Lipinski definition) is 2. The van der Waals surface area contributed by atoms with Gasteiger partial charge in [-0.25, -0.2) is 0 Å². The zero-order valence-electron chi connectivity index (χ0n) is 9.95. The van der Waals surface area contributed by atoms with Crippen molar-refractivity contribution in [1.82, 2.24) is 5.32 Å². The van der Waals surface area contributed by atoms with Crippen molar-refractivity contribution in [2.75, 3.05) is 7.05 Å². The number of rotatable bonds is 2. The van der Waals surface area contributed by atoms with E-state index in [4.69, 9.17) is 0 Å². The van der Waals surface area contributed by atoms with Gasteiger partial charge in [-0.15, -0.1) is 0 Å². The van der Waals surface area contributed by atoms with Crippen molar-refractivity contribution in [1.29, 1.82) is 0 Å². The topological polar surface area (TPSA) is 32.3 Å². The van der Waals surface area contributed by atoms with Gasteiger partial charge in [-0.1, -0.05) is 49.6 Å². The van der Waals surface area contributed by atoms with Crippen molar-refractivity contribution in [2.24, 2.45) is 0 Å². The van der Waals surface area contributed by atoms with E-state index >= 15 is 0 Å². The van der Waals surface area contributed by atoms with Crippen LogP contribution in [0.4, 0.5) is 0 Å². The molecule has 0 aromatic heterocycles. The summed E-state index contributed by atoms with van der Waals surface area (Å²) in [6, 6.07) is 10.3. The smallest absolute Gasteiger partial charge is 0.105 e. The number of hydrogen-bond donors (Lipinski definition) is 2. The molecule has 2 atom stereocenters. The van der Waals surface area contributed by atoms with Gasteiger partial charge < -0.3 is 10.4 Å². The van der Waals surface area contributed by atoms with E-state index in [0.29, 0.717) is 0 Å². The van der Waals surface area contributed by atoms with Crippen molar-refractivity contribution in [3.05, 3.63) is 35.9 Å². The molecule has 1 aromatic carbocycles. The Morgan fingerprint density at radius 1 is 1.19 bits per heavy atom. The third-order valence-corrected chi connectivity index (χ3v) is 3.75. The quantitative estimate of drug-likeness (QED) is 0.749. The summed E-state index contributed by atoms with van der Waals surface area (Å²) in [5.41, 5.74) is 0.364. The molecule has 1 aliphatic rings. The molecule has 1 fully saturated rings. The molecule has 0 aliphatic heterocycles. The molecule has 2 N–H and O–H groups in total. The Bertz CT molecular complexity index is 325. The fourth-order valence-electron chi connectivity index (χ4n) is 2.79. The van der Waals surface area contributed by atoms with Gasteiger partial charge in [0.1, 0.15) is 5.60 Å². The molecule has 1 saturated carbocycles. The Balaban J connectivity index is 2.31. The van der Waals surface area contributed by atoms with Gasteiger partial charge in [-0.3, -0.25) is 0 Å². The Kier molecular flexibility index (Phi) is 3.62. The predicted molar refractivity (Wildman–Crippen MR) is 66.3 cm³/mol. The van der Waals surface area contributed by atoms with Gasteiger partial charge in [0.15, 0.2) is 0 Å². The summed E-state index contributed by atoms with van der Waals surface area (Å²) in [4.78, 5) is 0. The number of benzene rings is 1. The Hall–Kier alpha value is -0.860. The minimum atomic E-state index is -0.688. The third kappa shape index (κ3) is 2.13. The van der Waals surface area contributed by atoms with Crippen LogP contribution in [0.3, 0.4) is 0 Å². The second kappa shape index (κ2) is 4.98. The van der Waals surface area contributed by atoms with Crippen molar-refractivity contribution in [3.63, 3.8) is 0 Å². The van der Waals surface area contributed by atoms with Crippen molar-refractivity contribution < 1.29 is 5.11 Å². The Morgan fingerprint density at radius 2 is 1.94 bits per heavy atom. The van der Waals surface area contributed by atoms with E-state index in [2.05, 4.69) is 5.32 Å². The van der Waals surface area contributed by atoms with Gasteiger partial charge in [0, 0.05) is 6.04 Å². The van der Waals surface area contributed by atoms with Crippen LogP contribution in [0.2, 0.25) is 0 Å². The highest BCUT2D eigenvalue weighted by Gasteiger charge is 2.37. The lowest BCUT2D eigenvalue weighted by molar-refractivity contribution is -0.00742. The van der Waals surface area contributed by atoms with Crippen LogP contribution in [0.1, 0.15) is 37.7 Å². The monoisotopic (exact) mass is 219 g/mol. The average Bonchev–Trinajstić information content (AvgIpc) is 2.53. The van der Waals surface area contributed by atoms with Crippen molar-refractivity contribution in [3.8, 4) is 0 Å². The molecule has 88 valence electrons. The standard InChI is InChI=1S/C14H21NO/c1-15-13-10-6-3-7-11-14(13,16)12-8-4-2-5-9-12/h2,4-5,8-9,13,15-16H,3,6-7,10-11H2,1H3/t13-,14+/m0/s1. The Labute approximate surface area is 97.7 Å². The van der Waals surface area contributed by atoms with Crippen LogP contribution in [0, 0.1) is 0 Å². The largest absolute Gasteiger partial charge is 0.384 e. The van der Waals surface area contributed by atoms with Crippen molar-refractivity contribution >= 4 is 0 Å². The molecule has 2 heteroatoms. The maximum Gasteiger partial charge on any atom is 0.105 e. The zero-order valence-corrected chi connectivity index (χ0v) is 9.95. The van der Waals surface area contributed by atoms with E-state index in [-0.39, 0.29) is 6.04 Å². The molecule has 0 radical (unpaired) electrons. The summed E-state index contributed by atoms with van der Waals surface area (Å²) in [6.45, 7) is 0. The second-order valence-corrected chi connectivity index (χ2v) is 4.73. The summed E-state index contributed by atoms with van der Waals surface area (Å²) < 4.78 is 0. The second-order valence-electron chi connectivity index (χ2n) is 4.73. The minimum absolute atomic E-state index is 0.178. The average molecular weight is 219 g/mol. The molecule has 1 aliphatic carbocycles. The lowest BCUT2D eigenvalue weighted by atomic mass is 9.82. The summed E-state index contributed by atoms with van der Waals surface area (Å²) in [7, 11) is 1.95. The normalized spacial score (nSPS) is 31.0. The van der Waals surface area contributed by atoms with Gasteiger partial charge >= 0.3 is 0 Å². The lowest BCUT2D eigenvalue weighted by Crippen LogP contribution is -2.46. The highest BCUT2D eigenvalue weighted by Crippen LogP contribution is 2.35. The fraction of sp³-hybridized carbons (Fsp3) is 0.571. The number of nitrogens with one attached hydrogen (secondary N) is 1. The van der Waals surface area contributed by atoms with E-state index < -0.39 is 5.60 Å². The minimum Gasteiger partial charge on any atom is -0.384 e. The molecular formula is C14H21NO. The van der Waals surface area contributed by atoms with Crippen LogP contribution in [-0.2, 0) is 5.60 Å². The van der Waals surface area contributed by atoms with E-state index in [0.717, 1.165) is 24.8 Å². The van der Waals surface area contributed by atoms with Crippen LogP contribution in [0.15, 0.2) is 30.3 Å². The molecular weight excluding hydrogens is 198 g/mol. The molecule has 16 heavy (non-hydrogen) atoms. The first-order valence-electron chi connectivity index (χ1n) is 6.22. The number of likely N-dealkylation sites (N-methyl/N-ethyl adjacent to an activating group) is 1. The zero-order chi connectivity index (χ0) is 11.4. The first kappa shape index (κ1) is 11.6. The van der Waals surface area contributed by atoms with Crippen LogP contribution >= 0.6 is 0 Å². The SMILES string of the molecule is CN[C@H]1CCCCC[C@@]1(O)c1ccccc1. The van der Waals surface area contributed by atoms with E-state index in [9.17, 15) is 5.11 Å². The van der Waals surface area contributed by atoms with Crippen LogP contribution < -0.4 is 5.32 Å². The van der Waals surface area contributed by atoms with Gasteiger partial charge in [0.25, 0.3) is 0 Å². The van der Waals surface area contributed by atoms with E-state index in [1.165, 1.54) is 12.8 Å². The van der Waals surface area contributed by atoms with Gasteiger partial charge in [0.05, 0.1) is 0 Å². The van der Waals surface area contributed by atoms with Crippen LogP contribution in [0.25, 0.3) is 0 Å². The summed E-state index contributed by atoms with van der Waals surface area (Å²) in [5.74, 6) is 0. The van der Waals surface area contributed by atoms with Gasteiger partial charge in [-0.05, 0) is 25.5 Å². The molecule has 0 unspecified atom stereocenters. The third-order valence-electron chi connectivity index (χ3n) is 3.75. The molecule has 0 amide bonds. The van der Waals surface area contributed by atoms with Crippen LogP contribution in [0.5, 0.6) is 0 Å². The fourth-order valence-corrected chi connectivity index (χ4v) is 2.79. The summed E-state index contributed by atoms with van der Waals surface area (Å²) in [5, 5.41) is 14.2. The molecule has 0 bridgehead atoms. The van der Waals surface area contributed by atoms with Gasteiger partial charge in [-0.2, -0.15) is 0 Å². The highest BCUT2D eigenvalue weighted by molar-refractivity contribution is 5.24.